The molecule has 0 saturated carbocycles. The van der Waals surface area contributed by atoms with Crippen LogP contribution in [0.2, 0.25) is 5.02 Å². The number of nitrogens with one attached hydrogen (secondary N) is 1. The molecule has 0 bridgehead atoms. The van der Waals surface area contributed by atoms with Gasteiger partial charge in [-0.15, -0.1) is 0 Å². The van der Waals surface area contributed by atoms with Crippen molar-refractivity contribution in [2.75, 3.05) is 19.0 Å². The summed E-state index contributed by atoms with van der Waals surface area (Å²) in [6.07, 6.45) is 0. The van der Waals surface area contributed by atoms with Gasteiger partial charge in [-0.25, -0.2) is 4.79 Å². The number of carbonyl (C=O) groups excluding carboxylic acids is 2. The van der Waals surface area contributed by atoms with Gasteiger partial charge in [0.05, 0.1) is 12.1 Å². The molecular weight excluding hydrogens is 398 g/mol. The van der Waals surface area contributed by atoms with Crippen molar-refractivity contribution in [2.45, 2.75) is 6.92 Å². The third kappa shape index (κ3) is 4.27. The maximum atomic E-state index is 12.0. The molecule has 1 amide bonds. The maximum absolute atomic E-state index is 12.0. The molecule has 2 aromatic rings. The van der Waals surface area contributed by atoms with Gasteiger partial charge in [-0.3, -0.25) is 4.79 Å². The number of amides is 1. The Morgan fingerprint density at radius 3 is 2.62 bits per heavy atom. The van der Waals surface area contributed by atoms with Crippen LogP contribution in [0.4, 0.5) is 5.69 Å². The van der Waals surface area contributed by atoms with Crippen LogP contribution in [-0.2, 0) is 9.53 Å². The third-order valence-corrected chi connectivity index (χ3v) is 4.65. The third-order valence-electron chi connectivity index (χ3n) is 3.27. The molecule has 0 saturated heterocycles. The van der Waals surface area contributed by atoms with E-state index >= 15 is 0 Å². The van der Waals surface area contributed by atoms with E-state index in [0.717, 1.165) is 10.0 Å². The number of hydrogen-bond acceptors (Lipinski definition) is 4. The van der Waals surface area contributed by atoms with E-state index in [-0.39, 0.29) is 5.56 Å². The van der Waals surface area contributed by atoms with Crippen LogP contribution >= 0.6 is 27.5 Å². The van der Waals surface area contributed by atoms with Crippen LogP contribution < -0.4 is 10.1 Å². The molecule has 0 fully saturated rings. The smallest absolute Gasteiger partial charge is 0.342 e. The minimum atomic E-state index is -0.631. The molecule has 126 valence electrons. The zero-order valence-corrected chi connectivity index (χ0v) is 15.4. The Hall–Kier alpha value is -2.05. The number of hydrogen-bond donors (Lipinski definition) is 1. The highest BCUT2D eigenvalue weighted by molar-refractivity contribution is 9.10. The molecule has 5 nitrogen and oxygen atoms in total. The molecule has 0 unspecified atom stereocenters. The number of benzene rings is 2. The summed E-state index contributed by atoms with van der Waals surface area (Å²) in [5, 5.41) is 3.17. The lowest BCUT2D eigenvalue weighted by molar-refractivity contribution is -0.119. The van der Waals surface area contributed by atoms with Gasteiger partial charge in [0.1, 0.15) is 11.3 Å². The minimum absolute atomic E-state index is 0.260. The standard InChI is InChI=1S/C17H15BrClNO4/c1-10-13(8-7-12(18)16(10)19)20-15(21)9-24-17(22)11-5-3-4-6-14(11)23-2/h3-8H,9H2,1-2H3,(H,20,21). The summed E-state index contributed by atoms with van der Waals surface area (Å²) in [4.78, 5) is 24.0. The number of carbonyl (C=O) groups is 2. The Morgan fingerprint density at radius 1 is 1.21 bits per heavy atom. The van der Waals surface area contributed by atoms with E-state index in [2.05, 4.69) is 21.2 Å². The van der Waals surface area contributed by atoms with Crippen molar-refractivity contribution in [2.24, 2.45) is 0 Å². The molecule has 0 radical (unpaired) electrons. The van der Waals surface area contributed by atoms with Crippen molar-refractivity contribution in [3.8, 4) is 5.75 Å². The summed E-state index contributed by atoms with van der Waals surface area (Å²) in [6, 6.07) is 10.1. The van der Waals surface area contributed by atoms with Crippen molar-refractivity contribution in [3.63, 3.8) is 0 Å². The molecule has 0 spiro atoms. The SMILES string of the molecule is COc1ccccc1C(=O)OCC(=O)Nc1ccc(Br)c(Cl)c1C. The number of anilines is 1. The van der Waals surface area contributed by atoms with E-state index < -0.39 is 18.5 Å². The van der Waals surface area contributed by atoms with E-state index in [9.17, 15) is 9.59 Å². The second kappa shape index (κ2) is 8.17. The molecule has 0 atom stereocenters. The van der Waals surface area contributed by atoms with Gasteiger partial charge < -0.3 is 14.8 Å². The fourth-order valence-corrected chi connectivity index (χ4v) is 2.59. The van der Waals surface area contributed by atoms with Crippen molar-refractivity contribution in [1.82, 2.24) is 0 Å². The second-order valence-electron chi connectivity index (χ2n) is 4.86. The first kappa shape index (κ1) is 18.3. The van der Waals surface area contributed by atoms with Gasteiger partial charge in [0.25, 0.3) is 5.91 Å². The molecular formula is C17H15BrClNO4. The fraction of sp³-hybridized carbons (Fsp3) is 0.176. The Morgan fingerprint density at radius 2 is 1.92 bits per heavy atom. The highest BCUT2D eigenvalue weighted by atomic mass is 79.9. The molecule has 2 rings (SSSR count). The molecule has 0 aliphatic heterocycles. The van der Waals surface area contributed by atoms with Gasteiger partial charge in [-0.1, -0.05) is 23.7 Å². The Balaban J connectivity index is 1.99. The quantitative estimate of drug-likeness (QED) is 0.747. The number of ether oxygens (including phenoxy) is 2. The Kier molecular flexibility index (Phi) is 6.23. The largest absolute Gasteiger partial charge is 0.496 e. The molecule has 0 heterocycles. The van der Waals surface area contributed by atoms with Gasteiger partial charge in [0, 0.05) is 10.2 Å². The lowest BCUT2D eigenvalue weighted by atomic mass is 10.2. The topological polar surface area (TPSA) is 64.6 Å². The van der Waals surface area contributed by atoms with Crippen molar-refractivity contribution in [3.05, 3.63) is 57.0 Å². The second-order valence-corrected chi connectivity index (χ2v) is 6.09. The lowest BCUT2D eigenvalue weighted by Gasteiger charge is -2.11. The average molecular weight is 413 g/mol. The Bertz CT molecular complexity index is 779. The van der Waals surface area contributed by atoms with Gasteiger partial charge in [0.15, 0.2) is 6.61 Å². The van der Waals surface area contributed by atoms with Crippen LogP contribution in [0.25, 0.3) is 0 Å². The van der Waals surface area contributed by atoms with Gasteiger partial charge in [-0.05, 0) is 52.7 Å². The van der Waals surface area contributed by atoms with Crippen LogP contribution in [0, 0.1) is 6.92 Å². The molecule has 0 aliphatic rings. The summed E-state index contributed by atoms with van der Waals surface area (Å²) in [6.45, 7) is 1.37. The first-order chi connectivity index (χ1) is 11.4. The van der Waals surface area contributed by atoms with Crippen molar-refractivity contribution < 1.29 is 19.1 Å². The molecule has 0 aromatic heterocycles. The molecule has 24 heavy (non-hydrogen) atoms. The summed E-state index contributed by atoms with van der Waals surface area (Å²) in [5.41, 5.74) is 1.53. The summed E-state index contributed by atoms with van der Waals surface area (Å²) < 4.78 is 10.9. The summed E-state index contributed by atoms with van der Waals surface area (Å²) in [7, 11) is 1.46. The number of methoxy groups -OCH3 is 1. The zero-order chi connectivity index (χ0) is 17.7. The average Bonchev–Trinajstić information content (AvgIpc) is 2.60. The number of para-hydroxylation sites is 1. The first-order valence-electron chi connectivity index (χ1n) is 6.98. The van der Waals surface area contributed by atoms with E-state index in [0.29, 0.717) is 16.5 Å². The molecule has 0 aliphatic carbocycles. The van der Waals surface area contributed by atoms with E-state index in [1.54, 1.807) is 43.3 Å². The highest BCUT2D eigenvalue weighted by Crippen LogP contribution is 2.30. The number of halogens is 2. The highest BCUT2D eigenvalue weighted by Gasteiger charge is 2.15. The first-order valence-corrected chi connectivity index (χ1v) is 8.15. The lowest BCUT2D eigenvalue weighted by Crippen LogP contribution is -2.21. The normalized spacial score (nSPS) is 10.2. The van der Waals surface area contributed by atoms with Gasteiger partial charge in [0.2, 0.25) is 0 Å². The van der Waals surface area contributed by atoms with E-state index in [1.807, 2.05) is 0 Å². The summed E-state index contributed by atoms with van der Waals surface area (Å²) >= 11 is 9.42. The van der Waals surface area contributed by atoms with Crippen LogP contribution in [0.3, 0.4) is 0 Å². The van der Waals surface area contributed by atoms with Crippen LogP contribution in [-0.4, -0.2) is 25.6 Å². The molecule has 7 heteroatoms. The number of rotatable bonds is 5. The fourth-order valence-electron chi connectivity index (χ4n) is 2.00. The predicted octanol–water partition coefficient (Wildman–Crippen LogP) is 4.22. The minimum Gasteiger partial charge on any atom is -0.496 e. The molecule has 2 aromatic carbocycles. The number of esters is 1. The predicted molar refractivity (Wildman–Crippen MR) is 95.8 cm³/mol. The molecule has 1 N–H and O–H groups in total. The van der Waals surface area contributed by atoms with Crippen LogP contribution in [0.15, 0.2) is 40.9 Å². The van der Waals surface area contributed by atoms with E-state index in [4.69, 9.17) is 21.1 Å². The van der Waals surface area contributed by atoms with Crippen LogP contribution in [0.1, 0.15) is 15.9 Å². The Labute approximate surface area is 153 Å². The van der Waals surface area contributed by atoms with Crippen molar-refractivity contribution >= 4 is 45.1 Å². The van der Waals surface area contributed by atoms with Crippen LogP contribution in [0.5, 0.6) is 5.75 Å². The van der Waals surface area contributed by atoms with Gasteiger partial charge >= 0.3 is 5.97 Å². The zero-order valence-electron chi connectivity index (χ0n) is 13.1. The monoisotopic (exact) mass is 411 g/mol. The maximum Gasteiger partial charge on any atom is 0.342 e. The van der Waals surface area contributed by atoms with E-state index in [1.165, 1.54) is 7.11 Å². The van der Waals surface area contributed by atoms with Crippen molar-refractivity contribution in [1.29, 1.82) is 0 Å². The van der Waals surface area contributed by atoms with Gasteiger partial charge in [-0.2, -0.15) is 0 Å². The summed E-state index contributed by atoms with van der Waals surface area (Å²) in [5.74, 6) is -0.702.